The Kier molecular flexibility index (Phi) is 1.81. The van der Waals surface area contributed by atoms with Crippen LogP contribution in [0.25, 0.3) is 0 Å². The van der Waals surface area contributed by atoms with Gasteiger partial charge in [0.15, 0.2) is 0 Å². The fourth-order valence-electron chi connectivity index (χ4n) is 2.45. The highest BCUT2D eigenvalue weighted by atomic mass is 35.7. The van der Waals surface area contributed by atoms with Gasteiger partial charge in [0.05, 0.1) is 18.0 Å². The van der Waals surface area contributed by atoms with Crippen LogP contribution >= 0.6 is 10.7 Å². The van der Waals surface area contributed by atoms with E-state index in [0.29, 0.717) is 12.5 Å². The minimum Gasteiger partial charge on any atom is -0.375 e. The molecule has 3 nitrogen and oxygen atoms in total. The van der Waals surface area contributed by atoms with Crippen molar-refractivity contribution in [2.24, 2.45) is 11.3 Å². The maximum Gasteiger partial charge on any atom is 0.233 e. The van der Waals surface area contributed by atoms with Gasteiger partial charge in [0.1, 0.15) is 0 Å². The Balaban J connectivity index is 2.24. The van der Waals surface area contributed by atoms with Gasteiger partial charge in [0.25, 0.3) is 0 Å². The van der Waals surface area contributed by atoms with Crippen molar-refractivity contribution in [3.8, 4) is 0 Å². The highest BCUT2D eigenvalue weighted by molar-refractivity contribution is 8.13. The van der Waals surface area contributed by atoms with E-state index in [1.165, 1.54) is 0 Å². The fraction of sp³-hybridized carbons (Fsp3) is 1.00. The first-order valence-corrected chi connectivity index (χ1v) is 6.81. The highest BCUT2D eigenvalue weighted by Gasteiger charge is 2.69. The Morgan fingerprint density at radius 1 is 1.54 bits per heavy atom. The Labute approximate surface area is 82.8 Å². The minimum absolute atomic E-state index is 0.0548. The summed E-state index contributed by atoms with van der Waals surface area (Å²) in [6.45, 7) is 4.57. The second-order valence-electron chi connectivity index (χ2n) is 4.56. The largest absolute Gasteiger partial charge is 0.375 e. The van der Waals surface area contributed by atoms with E-state index in [1.54, 1.807) is 0 Å². The predicted octanol–water partition coefficient (Wildman–Crippen LogP) is 1.37. The second kappa shape index (κ2) is 2.41. The average molecular weight is 225 g/mol. The van der Waals surface area contributed by atoms with Crippen molar-refractivity contribution in [3.63, 3.8) is 0 Å². The first-order valence-electron chi connectivity index (χ1n) is 4.33. The third kappa shape index (κ3) is 1.39. The molecule has 2 rings (SSSR count). The summed E-state index contributed by atoms with van der Waals surface area (Å²) in [7, 11) is 1.87. The van der Waals surface area contributed by atoms with Crippen LogP contribution in [0.5, 0.6) is 0 Å². The molecule has 0 N–H and O–H groups in total. The van der Waals surface area contributed by atoms with E-state index in [0.717, 1.165) is 6.42 Å². The zero-order chi connectivity index (χ0) is 9.91. The average Bonchev–Trinajstić information content (AvgIpc) is 2.51. The van der Waals surface area contributed by atoms with Gasteiger partial charge in [-0.25, -0.2) is 8.42 Å². The molecule has 0 aromatic rings. The molecule has 5 heteroatoms. The van der Waals surface area contributed by atoms with E-state index in [-0.39, 0.29) is 16.8 Å². The van der Waals surface area contributed by atoms with Crippen LogP contribution in [0.2, 0.25) is 0 Å². The van der Waals surface area contributed by atoms with E-state index in [2.05, 4.69) is 0 Å². The van der Waals surface area contributed by atoms with Gasteiger partial charge in [-0.1, -0.05) is 0 Å². The van der Waals surface area contributed by atoms with Crippen LogP contribution in [-0.4, -0.2) is 26.4 Å². The van der Waals surface area contributed by atoms with Crippen LogP contribution in [0.15, 0.2) is 0 Å². The van der Waals surface area contributed by atoms with Crippen molar-refractivity contribution < 1.29 is 13.2 Å². The topological polar surface area (TPSA) is 43.4 Å². The summed E-state index contributed by atoms with van der Waals surface area (Å²) >= 11 is 0. The Hall–Kier alpha value is 0.200. The first kappa shape index (κ1) is 9.74. The molecule has 13 heavy (non-hydrogen) atoms. The molecule has 0 amide bonds. The lowest BCUT2D eigenvalue weighted by Gasteiger charge is -2.29. The number of halogens is 1. The summed E-state index contributed by atoms with van der Waals surface area (Å²) in [4.78, 5) is 0. The summed E-state index contributed by atoms with van der Waals surface area (Å²) in [6, 6.07) is 0. The summed E-state index contributed by atoms with van der Waals surface area (Å²) in [6.07, 6.45) is 0.936. The monoisotopic (exact) mass is 224 g/mol. The van der Waals surface area contributed by atoms with E-state index < -0.39 is 9.05 Å². The van der Waals surface area contributed by atoms with Gasteiger partial charge < -0.3 is 4.74 Å². The number of rotatable bonds is 2. The van der Waals surface area contributed by atoms with Crippen LogP contribution in [0.3, 0.4) is 0 Å². The first-order chi connectivity index (χ1) is 5.77. The third-order valence-electron chi connectivity index (χ3n) is 3.51. The minimum atomic E-state index is -3.40. The Morgan fingerprint density at radius 3 is 2.46 bits per heavy atom. The van der Waals surface area contributed by atoms with Gasteiger partial charge in [0, 0.05) is 16.1 Å². The second-order valence-corrected chi connectivity index (χ2v) is 7.34. The number of hydrogen-bond donors (Lipinski definition) is 0. The third-order valence-corrected chi connectivity index (χ3v) is 4.69. The van der Waals surface area contributed by atoms with Crippen LogP contribution in [0.1, 0.15) is 20.3 Å². The molecule has 1 aliphatic heterocycles. The lowest BCUT2D eigenvalue weighted by molar-refractivity contribution is -0.0176. The molecule has 1 saturated heterocycles. The van der Waals surface area contributed by atoms with Crippen LogP contribution in [-0.2, 0) is 13.8 Å². The van der Waals surface area contributed by atoms with Crippen LogP contribution in [0, 0.1) is 11.3 Å². The van der Waals surface area contributed by atoms with Gasteiger partial charge in [-0.2, -0.15) is 0 Å². The predicted molar refractivity (Wildman–Crippen MR) is 50.2 cm³/mol. The van der Waals surface area contributed by atoms with Crippen molar-refractivity contribution in [2.45, 2.75) is 25.9 Å². The van der Waals surface area contributed by atoms with Gasteiger partial charge >= 0.3 is 0 Å². The van der Waals surface area contributed by atoms with Gasteiger partial charge in [-0.05, 0) is 26.2 Å². The standard InChI is InChI=1S/C8H13ClO3S/c1-7(2)8(5-13(9,10)11)3-6(8)4-12-7/h6H,3-5H2,1-2H3. The molecule has 76 valence electrons. The molecule has 0 bridgehead atoms. The van der Waals surface area contributed by atoms with Crippen molar-refractivity contribution in [3.05, 3.63) is 0 Å². The highest BCUT2D eigenvalue weighted by Crippen LogP contribution is 2.66. The molecule has 0 radical (unpaired) electrons. The van der Waals surface area contributed by atoms with Gasteiger partial charge in [-0.3, -0.25) is 0 Å². The van der Waals surface area contributed by atoms with Crippen molar-refractivity contribution in [1.82, 2.24) is 0 Å². The Bertz CT molecular complexity index is 335. The van der Waals surface area contributed by atoms with Crippen molar-refractivity contribution in [1.29, 1.82) is 0 Å². The van der Waals surface area contributed by atoms with Crippen LogP contribution < -0.4 is 0 Å². The molecule has 0 aromatic heterocycles. The lowest BCUT2D eigenvalue weighted by Crippen LogP contribution is -2.36. The molecular formula is C8H13ClO3S. The summed E-state index contributed by atoms with van der Waals surface area (Å²) in [5.74, 6) is 0.454. The SMILES string of the molecule is CC1(C)OCC2CC21CS(=O)(=O)Cl. The number of fused-ring (bicyclic) bond motifs is 1. The maximum atomic E-state index is 11.0. The van der Waals surface area contributed by atoms with Crippen molar-refractivity contribution >= 4 is 19.7 Å². The molecule has 0 aromatic carbocycles. The summed E-state index contributed by atoms with van der Waals surface area (Å²) in [5.41, 5.74) is -0.535. The number of hydrogen-bond acceptors (Lipinski definition) is 3. The smallest absolute Gasteiger partial charge is 0.233 e. The van der Waals surface area contributed by atoms with Gasteiger partial charge in [0.2, 0.25) is 9.05 Å². The molecule has 2 atom stereocenters. The maximum absolute atomic E-state index is 11.0. The quantitative estimate of drug-likeness (QED) is 0.666. The fourth-order valence-corrected chi connectivity index (χ4v) is 4.35. The normalized spacial score (nSPS) is 41.6. The molecule has 2 unspecified atom stereocenters. The lowest BCUT2D eigenvalue weighted by atomic mass is 9.89. The number of ether oxygens (including phenoxy) is 1. The Morgan fingerprint density at radius 2 is 2.15 bits per heavy atom. The summed E-state index contributed by atoms with van der Waals surface area (Å²) in [5, 5.41) is 0. The molecule has 1 heterocycles. The molecule has 1 saturated carbocycles. The molecule has 2 aliphatic rings. The van der Waals surface area contributed by atoms with Crippen LogP contribution in [0.4, 0.5) is 0 Å². The van der Waals surface area contributed by atoms with Crippen molar-refractivity contribution in [2.75, 3.05) is 12.4 Å². The molecule has 1 aliphatic carbocycles. The van der Waals surface area contributed by atoms with E-state index in [1.807, 2.05) is 13.8 Å². The zero-order valence-corrected chi connectivity index (χ0v) is 9.28. The van der Waals surface area contributed by atoms with Gasteiger partial charge in [-0.15, -0.1) is 0 Å². The molecule has 2 fully saturated rings. The van der Waals surface area contributed by atoms with E-state index in [4.69, 9.17) is 15.4 Å². The molecular weight excluding hydrogens is 212 g/mol. The zero-order valence-electron chi connectivity index (χ0n) is 7.71. The summed E-state index contributed by atoms with van der Waals surface area (Å²) < 4.78 is 27.6. The molecule has 0 spiro atoms. The van der Waals surface area contributed by atoms with E-state index in [9.17, 15) is 8.42 Å². The van der Waals surface area contributed by atoms with E-state index >= 15 is 0 Å².